The summed E-state index contributed by atoms with van der Waals surface area (Å²) < 4.78 is 5.85. The van der Waals surface area contributed by atoms with Crippen molar-refractivity contribution in [1.82, 2.24) is 0 Å². The number of thioether (sulfide) groups is 1. The minimum Gasteiger partial charge on any atom is -0.457 e. The summed E-state index contributed by atoms with van der Waals surface area (Å²) >= 11 is 2.04. The van der Waals surface area contributed by atoms with Crippen LogP contribution in [0.4, 0.5) is 0 Å². The lowest BCUT2D eigenvalue weighted by atomic mass is 10.2. The van der Waals surface area contributed by atoms with Crippen molar-refractivity contribution < 1.29 is 4.74 Å². The van der Waals surface area contributed by atoms with Gasteiger partial charge in [-0.1, -0.05) is 43.4 Å². The van der Waals surface area contributed by atoms with Gasteiger partial charge in [-0.3, -0.25) is 0 Å². The quantitative estimate of drug-likeness (QED) is 0.638. The summed E-state index contributed by atoms with van der Waals surface area (Å²) in [5.74, 6) is 2.89. The normalized spacial score (nSPS) is 10.2. The summed E-state index contributed by atoms with van der Waals surface area (Å²) in [7, 11) is -0.449. The van der Waals surface area contributed by atoms with Gasteiger partial charge in [0, 0.05) is 14.5 Å². The van der Waals surface area contributed by atoms with E-state index in [0.717, 1.165) is 17.3 Å². The molecule has 1 nitrogen and oxygen atoms in total. The average molecular weight is 369 g/mol. The minimum atomic E-state index is -0.449. The maximum absolute atomic E-state index is 5.85. The molecule has 0 heterocycles. The van der Waals surface area contributed by atoms with Crippen LogP contribution >= 0.6 is 28.7 Å². The Kier molecular flexibility index (Phi) is 8.03. The molecule has 0 saturated carbocycles. The third-order valence-corrected chi connectivity index (χ3v) is 6.74. The van der Waals surface area contributed by atoms with Crippen molar-refractivity contribution in [1.29, 1.82) is 0 Å². The highest BCUT2D eigenvalue weighted by Crippen LogP contribution is 2.23. The van der Waals surface area contributed by atoms with Crippen LogP contribution in [0.15, 0.2) is 54.6 Å². The molecule has 0 aliphatic rings. The van der Waals surface area contributed by atoms with Gasteiger partial charge in [0.2, 0.25) is 0 Å². The van der Waals surface area contributed by atoms with Crippen LogP contribution in [0.2, 0.25) is 13.1 Å². The second-order valence-corrected chi connectivity index (χ2v) is 9.79. The molecule has 2 aromatic carbocycles. The van der Waals surface area contributed by atoms with Crippen molar-refractivity contribution in [3.05, 3.63) is 60.2 Å². The molecule has 0 aromatic heterocycles. The highest BCUT2D eigenvalue weighted by molar-refractivity contribution is 8.93. The lowest BCUT2D eigenvalue weighted by molar-refractivity contribution is 0.482. The van der Waals surface area contributed by atoms with E-state index in [4.69, 9.17) is 4.74 Å². The highest BCUT2D eigenvalue weighted by Gasteiger charge is 2.01. The largest absolute Gasteiger partial charge is 0.457 e. The number of hydrogen-bond acceptors (Lipinski definition) is 2. The average Bonchev–Trinajstić information content (AvgIpc) is 2.40. The van der Waals surface area contributed by atoms with E-state index < -0.39 is 8.80 Å². The van der Waals surface area contributed by atoms with Crippen molar-refractivity contribution >= 4 is 37.5 Å². The molecule has 0 radical (unpaired) electrons. The first-order valence-electron chi connectivity index (χ1n) is 6.63. The fourth-order valence-electron chi connectivity index (χ4n) is 1.74. The topological polar surface area (TPSA) is 9.23 Å². The number of benzene rings is 2. The van der Waals surface area contributed by atoms with Gasteiger partial charge < -0.3 is 4.74 Å². The van der Waals surface area contributed by atoms with Gasteiger partial charge in [-0.05, 0) is 35.2 Å². The zero-order chi connectivity index (χ0) is 13.5. The fraction of sp³-hybridized carbons (Fsp3) is 0.250. The van der Waals surface area contributed by atoms with Crippen LogP contribution in [0.5, 0.6) is 11.5 Å². The summed E-state index contributed by atoms with van der Waals surface area (Å²) in [5, 5.41) is 1.34. The van der Waals surface area contributed by atoms with Gasteiger partial charge in [0.15, 0.2) is 0 Å². The second-order valence-electron chi connectivity index (χ2n) is 4.97. The maximum Gasteiger partial charge on any atom is 0.127 e. The molecular formula is C16H21BrOSSi. The van der Waals surface area contributed by atoms with Gasteiger partial charge in [-0.2, -0.15) is 11.8 Å². The summed E-state index contributed by atoms with van der Waals surface area (Å²) in [6, 6.07) is 18.3. The molecule has 108 valence electrons. The minimum absolute atomic E-state index is 0. The standard InChI is InChI=1S/C16H20OSSi.BrH/c1-19(2)13-18-12-14-7-6-10-16(11-14)17-15-8-4-3-5-9-15;/h3-11,19H,12-13H2,1-2H3;1H. The molecule has 0 aliphatic heterocycles. The van der Waals surface area contributed by atoms with Crippen LogP contribution in [0.25, 0.3) is 0 Å². The first kappa shape index (κ1) is 17.3. The van der Waals surface area contributed by atoms with Gasteiger partial charge in [-0.25, -0.2) is 0 Å². The number of ether oxygens (including phenoxy) is 1. The van der Waals surface area contributed by atoms with Crippen LogP contribution in [-0.4, -0.2) is 14.2 Å². The van der Waals surface area contributed by atoms with Crippen molar-refractivity contribution in [3.63, 3.8) is 0 Å². The predicted molar refractivity (Wildman–Crippen MR) is 98.3 cm³/mol. The summed E-state index contributed by atoms with van der Waals surface area (Å²) in [6.45, 7) is 4.78. The smallest absolute Gasteiger partial charge is 0.127 e. The SMILES string of the molecule is Br.C[SiH](C)CSCc1cccc(Oc2ccccc2)c1. The first-order chi connectivity index (χ1) is 9.24. The second kappa shape index (κ2) is 9.26. The van der Waals surface area contributed by atoms with Gasteiger partial charge in [0.25, 0.3) is 0 Å². The Morgan fingerprint density at radius 3 is 2.35 bits per heavy atom. The Hall–Kier alpha value is -0.713. The molecule has 0 fully saturated rings. The van der Waals surface area contributed by atoms with E-state index in [2.05, 4.69) is 31.3 Å². The molecule has 0 N–H and O–H groups in total. The molecule has 0 spiro atoms. The Morgan fingerprint density at radius 1 is 0.950 bits per heavy atom. The Balaban J connectivity index is 0.00000200. The Labute approximate surface area is 138 Å². The zero-order valence-corrected chi connectivity index (χ0v) is 15.6. The molecule has 0 amide bonds. The molecule has 0 bridgehead atoms. The highest BCUT2D eigenvalue weighted by atomic mass is 79.9. The first-order valence-corrected chi connectivity index (χ1v) is 10.9. The van der Waals surface area contributed by atoms with E-state index in [1.165, 1.54) is 10.9 Å². The van der Waals surface area contributed by atoms with Gasteiger partial charge >= 0.3 is 0 Å². The predicted octanol–water partition coefficient (Wildman–Crippen LogP) is 5.32. The van der Waals surface area contributed by atoms with Crippen LogP contribution in [0.1, 0.15) is 5.56 Å². The van der Waals surface area contributed by atoms with Gasteiger partial charge in [0.05, 0.1) is 0 Å². The summed E-state index contributed by atoms with van der Waals surface area (Å²) in [4.78, 5) is 0. The van der Waals surface area contributed by atoms with Crippen molar-refractivity contribution in [3.8, 4) is 11.5 Å². The number of hydrogen-bond donors (Lipinski definition) is 0. The lowest BCUT2D eigenvalue weighted by Gasteiger charge is -2.08. The molecule has 4 heteroatoms. The number of para-hydroxylation sites is 1. The Morgan fingerprint density at radius 2 is 1.65 bits per heavy atom. The van der Waals surface area contributed by atoms with Crippen molar-refractivity contribution in [2.75, 3.05) is 5.38 Å². The lowest BCUT2D eigenvalue weighted by Crippen LogP contribution is -2.04. The summed E-state index contributed by atoms with van der Waals surface area (Å²) in [5.41, 5.74) is 1.34. The zero-order valence-electron chi connectivity index (χ0n) is 11.9. The van der Waals surface area contributed by atoms with Crippen LogP contribution in [-0.2, 0) is 5.75 Å². The third-order valence-electron chi connectivity index (χ3n) is 2.60. The van der Waals surface area contributed by atoms with Crippen LogP contribution < -0.4 is 4.74 Å². The van der Waals surface area contributed by atoms with Crippen LogP contribution in [0, 0.1) is 0 Å². The van der Waals surface area contributed by atoms with Gasteiger partial charge in [-0.15, -0.1) is 17.0 Å². The molecule has 0 unspecified atom stereocenters. The van der Waals surface area contributed by atoms with E-state index >= 15 is 0 Å². The van der Waals surface area contributed by atoms with E-state index in [-0.39, 0.29) is 17.0 Å². The fourth-order valence-corrected chi connectivity index (χ4v) is 4.51. The van der Waals surface area contributed by atoms with E-state index in [0.29, 0.717) is 0 Å². The van der Waals surface area contributed by atoms with E-state index in [1.54, 1.807) is 0 Å². The van der Waals surface area contributed by atoms with E-state index in [1.807, 2.05) is 48.2 Å². The van der Waals surface area contributed by atoms with Crippen molar-refractivity contribution in [2.24, 2.45) is 0 Å². The number of rotatable bonds is 6. The van der Waals surface area contributed by atoms with Crippen LogP contribution in [0.3, 0.4) is 0 Å². The third kappa shape index (κ3) is 6.16. The van der Waals surface area contributed by atoms with Gasteiger partial charge in [0.1, 0.15) is 11.5 Å². The van der Waals surface area contributed by atoms with Crippen molar-refractivity contribution in [2.45, 2.75) is 18.8 Å². The molecule has 20 heavy (non-hydrogen) atoms. The summed E-state index contributed by atoms with van der Waals surface area (Å²) in [6.07, 6.45) is 0. The maximum atomic E-state index is 5.85. The molecule has 0 atom stereocenters. The van der Waals surface area contributed by atoms with E-state index in [9.17, 15) is 0 Å². The Bertz CT molecular complexity index is 505. The molecule has 2 aromatic rings. The monoisotopic (exact) mass is 368 g/mol. The molecule has 0 aliphatic carbocycles. The molecular weight excluding hydrogens is 348 g/mol. The molecule has 2 rings (SSSR count). The number of halogens is 1. The molecule has 0 saturated heterocycles.